The molecule has 2 heterocycles. The van der Waals surface area contributed by atoms with E-state index in [1.807, 2.05) is 0 Å². The molecule has 0 radical (unpaired) electrons. The average molecular weight is 294 g/mol. The van der Waals surface area contributed by atoms with Gasteiger partial charge in [-0.15, -0.1) is 0 Å². The zero-order valence-electron chi connectivity index (χ0n) is 11.2. The normalized spacial score (nSPS) is 13.6. The summed E-state index contributed by atoms with van der Waals surface area (Å²) in [6, 6.07) is 5.25. The van der Waals surface area contributed by atoms with Gasteiger partial charge in [-0.1, -0.05) is 0 Å². The molecule has 0 aliphatic carbocycles. The van der Waals surface area contributed by atoms with E-state index in [0.29, 0.717) is 5.76 Å². The van der Waals surface area contributed by atoms with Crippen LogP contribution in [-0.2, 0) is 0 Å². The number of aliphatic hydroxyl groups is 1. The maximum atomic E-state index is 11.8. The van der Waals surface area contributed by atoms with Gasteiger partial charge in [-0.3, -0.25) is 14.9 Å². The van der Waals surface area contributed by atoms with Crippen molar-refractivity contribution in [2.45, 2.75) is 25.5 Å². The van der Waals surface area contributed by atoms with E-state index in [0.717, 1.165) is 6.07 Å². The third-order valence-corrected chi connectivity index (χ3v) is 2.82. The number of hydrogen-bond acceptors (Lipinski definition) is 6. The standard InChI is InChI=1S/C13H14N2O6/c1-8(7-9(16)10-3-2-6-20-10)14-13(17)11-4-5-12(21-11)15(18)19/h2-6,8-9,16H,7H2,1H3,(H,14,17)/t8-,9-/m0/s1. The van der Waals surface area contributed by atoms with Gasteiger partial charge in [0.25, 0.3) is 5.91 Å². The highest BCUT2D eigenvalue weighted by Gasteiger charge is 2.20. The third kappa shape index (κ3) is 3.69. The maximum Gasteiger partial charge on any atom is 0.433 e. The quantitative estimate of drug-likeness (QED) is 0.621. The summed E-state index contributed by atoms with van der Waals surface area (Å²) in [6.45, 7) is 1.70. The number of furan rings is 2. The zero-order chi connectivity index (χ0) is 15.4. The van der Waals surface area contributed by atoms with Gasteiger partial charge in [0.15, 0.2) is 5.76 Å². The smallest absolute Gasteiger partial charge is 0.433 e. The molecule has 2 atom stereocenters. The Morgan fingerprint density at radius 3 is 2.81 bits per heavy atom. The first kappa shape index (κ1) is 14.8. The van der Waals surface area contributed by atoms with Crippen molar-refractivity contribution in [3.63, 3.8) is 0 Å². The molecule has 21 heavy (non-hydrogen) atoms. The molecule has 0 fully saturated rings. The predicted molar refractivity (Wildman–Crippen MR) is 70.6 cm³/mol. The number of rotatable bonds is 6. The molecule has 0 aliphatic rings. The van der Waals surface area contributed by atoms with Gasteiger partial charge in [0.1, 0.15) is 16.8 Å². The van der Waals surface area contributed by atoms with E-state index >= 15 is 0 Å². The van der Waals surface area contributed by atoms with Gasteiger partial charge in [-0.05, 0) is 25.1 Å². The highest BCUT2D eigenvalue weighted by atomic mass is 16.6. The van der Waals surface area contributed by atoms with Crippen molar-refractivity contribution in [2.75, 3.05) is 0 Å². The summed E-state index contributed by atoms with van der Waals surface area (Å²) in [6.07, 6.45) is 0.840. The van der Waals surface area contributed by atoms with Crippen molar-refractivity contribution in [3.05, 3.63) is 52.2 Å². The van der Waals surface area contributed by atoms with E-state index in [1.165, 1.54) is 12.3 Å². The van der Waals surface area contributed by atoms with Crippen LogP contribution in [-0.4, -0.2) is 22.0 Å². The number of carbonyl (C=O) groups excluding carboxylic acids is 1. The largest absolute Gasteiger partial charge is 0.467 e. The average Bonchev–Trinajstić information content (AvgIpc) is 3.10. The fraction of sp³-hybridized carbons (Fsp3) is 0.308. The van der Waals surface area contributed by atoms with E-state index in [9.17, 15) is 20.0 Å². The van der Waals surface area contributed by atoms with E-state index in [1.54, 1.807) is 19.1 Å². The Bertz CT molecular complexity index is 618. The monoisotopic (exact) mass is 294 g/mol. The summed E-state index contributed by atoms with van der Waals surface area (Å²) in [4.78, 5) is 21.6. The van der Waals surface area contributed by atoms with Crippen LogP contribution in [0.4, 0.5) is 5.88 Å². The van der Waals surface area contributed by atoms with Crippen LogP contribution in [0.5, 0.6) is 0 Å². The van der Waals surface area contributed by atoms with Gasteiger partial charge < -0.3 is 19.3 Å². The van der Waals surface area contributed by atoms with Gasteiger partial charge in [0.05, 0.1) is 12.3 Å². The number of nitrogens with zero attached hydrogens (tertiary/aromatic N) is 1. The molecule has 8 nitrogen and oxygen atoms in total. The van der Waals surface area contributed by atoms with Crippen molar-refractivity contribution in [1.29, 1.82) is 0 Å². The van der Waals surface area contributed by atoms with Crippen molar-refractivity contribution in [1.82, 2.24) is 5.32 Å². The first-order chi connectivity index (χ1) is 9.97. The van der Waals surface area contributed by atoms with Crippen molar-refractivity contribution >= 4 is 11.8 Å². The summed E-state index contributed by atoms with van der Waals surface area (Å²) in [5.41, 5.74) is 0. The Labute approximate surface area is 119 Å². The molecule has 2 aromatic rings. The third-order valence-electron chi connectivity index (χ3n) is 2.82. The minimum absolute atomic E-state index is 0.152. The van der Waals surface area contributed by atoms with Gasteiger partial charge in [-0.2, -0.15) is 0 Å². The molecule has 0 aromatic carbocycles. The maximum absolute atomic E-state index is 11.8. The molecule has 2 rings (SSSR count). The summed E-state index contributed by atoms with van der Waals surface area (Å²) in [5, 5.41) is 22.9. The van der Waals surface area contributed by atoms with E-state index in [4.69, 9.17) is 8.83 Å². The summed E-state index contributed by atoms with van der Waals surface area (Å²) < 4.78 is 9.85. The van der Waals surface area contributed by atoms with Gasteiger partial charge in [-0.25, -0.2) is 0 Å². The second-order valence-electron chi connectivity index (χ2n) is 4.54. The minimum Gasteiger partial charge on any atom is -0.467 e. The Balaban J connectivity index is 1.91. The topological polar surface area (TPSA) is 119 Å². The first-order valence-corrected chi connectivity index (χ1v) is 6.24. The molecule has 0 saturated carbocycles. The van der Waals surface area contributed by atoms with Crippen LogP contribution >= 0.6 is 0 Å². The first-order valence-electron chi connectivity index (χ1n) is 6.24. The number of nitro groups is 1. The summed E-state index contributed by atoms with van der Waals surface area (Å²) >= 11 is 0. The predicted octanol–water partition coefficient (Wildman–Crippen LogP) is 2.02. The molecule has 0 saturated heterocycles. The Hall–Kier alpha value is -2.61. The van der Waals surface area contributed by atoms with Crippen LogP contribution in [0.15, 0.2) is 39.4 Å². The Morgan fingerprint density at radius 2 is 2.24 bits per heavy atom. The lowest BCUT2D eigenvalue weighted by Crippen LogP contribution is -2.33. The second-order valence-corrected chi connectivity index (χ2v) is 4.54. The highest BCUT2D eigenvalue weighted by molar-refractivity contribution is 5.91. The lowest BCUT2D eigenvalue weighted by atomic mass is 10.1. The Morgan fingerprint density at radius 1 is 1.48 bits per heavy atom. The lowest BCUT2D eigenvalue weighted by molar-refractivity contribution is -0.402. The number of aliphatic hydroxyl groups excluding tert-OH is 1. The summed E-state index contributed by atoms with van der Waals surface area (Å²) in [7, 11) is 0. The Kier molecular flexibility index (Phi) is 4.39. The number of carbonyl (C=O) groups is 1. The van der Waals surface area contributed by atoms with Crippen LogP contribution in [0.2, 0.25) is 0 Å². The molecule has 2 N–H and O–H groups in total. The number of amides is 1. The van der Waals surface area contributed by atoms with Crippen molar-refractivity contribution in [3.8, 4) is 0 Å². The molecule has 0 bridgehead atoms. The molecule has 8 heteroatoms. The number of hydrogen-bond donors (Lipinski definition) is 2. The van der Waals surface area contributed by atoms with Gasteiger partial charge >= 0.3 is 5.88 Å². The van der Waals surface area contributed by atoms with Crippen LogP contribution in [0, 0.1) is 10.1 Å². The molecule has 0 unspecified atom stereocenters. The minimum atomic E-state index is -0.846. The van der Waals surface area contributed by atoms with Gasteiger partial charge in [0.2, 0.25) is 0 Å². The van der Waals surface area contributed by atoms with Crippen LogP contribution in [0.25, 0.3) is 0 Å². The van der Waals surface area contributed by atoms with E-state index < -0.39 is 22.8 Å². The molecule has 1 amide bonds. The number of nitrogens with one attached hydrogen (secondary N) is 1. The van der Waals surface area contributed by atoms with Crippen molar-refractivity contribution < 1.29 is 23.7 Å². The van der Waals surface area contributed by atoms with Gasteiger partial charge in [0, 0.05) is 12.5 Å². The van der Waals surface area contributed by atoms with Crippen molar-refractivity contribution in [2.24, 2.45) is 0 Å². The molecule has 0 spiro atoms. The van der Waals surface area contributed by atoms with Crippen LogP contribution < -0.4 is 5.32 Å². The lowest BCUT2D eigenvalue weighted by Gasteiger charge is -2.15. The SMILES string of the molecule is C[C@@H](C[C@H](O)c1ccco1)NC(=O)c1ccc([N+](=O)[O-])o1. The fourth-order valence-electron chi connectivity index (χ4n) is 1.83. The summed E-state index contributed by atoms with van der Waals surface area (Å²) in [5.74, 6) is -0.823. The highest BCUT2D eigenvalue weighted by Crippen LogP contribution is 2.19. The van der Waals surface area contributed by atoms with Crippen LogP contribution in [0.3, 0.4) is 0 Å². The molecule has 2 aromatic heterocycles. The zero-order valence-corrected chi connectivity index (χ0v) is 11.2. The fourth-order valence-corrected chi connectivity index (χ4v) is 1.83. The molecule has 0 aliphatic heterocycles. The van der Waals surface area contributed by atoms with Crippen LogP contribution in [0.1, 0.15) is 35.8 Å². The second kappa shape index (κ2) is 6.23. The molecular formula is C13H14N2O6. The van der Waals surface area contributed by atoms with E-state index in [-0.39, 0.29) is 18.2 Å². The van der Waals surface area contributed by atoms with E-state index in [2.05, 4.69) is 5.32 Å². The molecule has 112 valence electrons. The molecular weight excluding hydrogens is 280 g/mol.